The summed E-state index contributed by atoms with van der Waals surface area (Å²) in [5.74, 6) is 1.61. The van der Waals surface area contributed by atoms with E-state index in [1.54, 1.807) is 0 Å². The Labute approximate surface area is 241 Å². The van der Waals surface area contributed by atoms with Crippen molar-refractivity contribution in [1.82, 2.24) is 19.5 Å². The molecule has 41 heavy (non-hydrogen) atoms. The number of ether oxygens (including phenoxy) is 3. The van der Waals surface area contributed by atoms with Crippen molar-refractivity contribution in [3.8, 4) is 12.3 Å². The zero-order valence-corrected chi connectivity index (χ0v) is 24.4. The summed E-state index contributed by atoms with van der Waals surface area (Å²) in [6.07, 6.45) is 18.7. The van der Waals surface area contributed by atoms with Crippen LogP contribution in [0.15, 0.2) is 6.33 Å². The summed E-state index contributed by atoms with van der Waals surface area (Å²) in [5.41, 5.74) is 4.57. The summed E-state index contributed by atoms with van der Waals surface area (Å²) < 4.78 is 32.8. The number of anilines is 1. The van der Waals surface area contributed by atoms with Crippen LogP contribution in [0.25, 0.3) is 11.2 Å². The molecule has 1 fully saturated rings. The van der Waals surface area contributed by atoms with Gasteiger partial charge in [-0.1, -0.05) is 84.0 Å². The average molecular weight is 574 g/mol. The van der Waals surface area contributed by atoms with Gasteiger partial charge in [0.25, 0.3) is 0 Å². The lowest BCUT2D eigenvalue weighted by Crippen LogP contribution is -2.45. The van der Waals surface area contributed by atoms with E-state index in [0.717, 1.165) is 19.3 Å². The summed E-state index contributed by atoms with van der Waals surface area (Å²) in [6, 6.07) is 0. The molecule has 0 bridgehead atoms. The van der Waals surface area contributed by atoms with Crippen molar-refractivity contribution >= 4 is 28.9 Å². The Morgan fingerprint density at radius 3 is 2.34 bits per heavy atom. The monoisotopic (exact) mass is 573 g/mol. The van der Waals surface area contributed by atoms with Gasteiger partial charge in [0.1, 0.15) is 18.9 Å². The van der Waals surface area contributed by atoms with Crippen molar-refractivity contribution in [3.05, 3.63) is 12.4 Å². The predicted molar refractivity (Wildman–Crippen MR) is 153 cm³/mol. The maximum absolute atomic E-state index is 13.9. The zero-order chi connectivity index (χ0) is 29.7. The second kappa shape index (κ2) is 16.2. The largest absolute Gasteiger partial charge is 0.461 e. The molecule has 2 N–H and O–H groups in total. The molecule has 10 nitrogen and oxygen atoms in total. The van der Waals surface area contributed by atoms with Gasteiger partial charge in [0.05, 0.1) is 6.33 Å². The number of aromatic nitrogens is 4. The fraction of sp³-hybridized carbons (Fsp3) is 0.700. The Morgan fingerprint density at radius 2 is 1.71 bits per heavy atom. The first-order valence-electron chi connectivity index (χ1n) is 15.0. The zero-order valence-electron chi connectivity index (χ0n) is 24.4. The lowest BCUT2D eigenvalue weighted by Gasteiger charge is -2.28. The number of unbranched alkanes of at least 4 members (excludes halogenated alkanes) is 10. The molecule has 3 rings (SSSR count). The van der Waals surface area contributed by atoms with Gasteiger partial charge in [0.15, 0.2) is 17.0 Å². The van der Waals surface area contributed by atoms with Gasteiger partial charge in [-0.15, -0.1) is 6.42 Å². The van der Waals surface area contributed by atoms with Crippen LogP contribution < -0.4 is 5.73 Å². The van der Waals surface area contributed by atoms with Crippen LogP contribution in [-0.2, 0) is 23.8 Å². The van der Waals surface area contributed by atoms with Gasteiger partial charge in [-0.25, -0.2) is 4.98 Å². The van der Waals surface area contributed by atoms with Gasteiger partial charge in [0, 0.05) is 19.3 Å². The second-order valence-electron chi connectivity index (χ2n) is 10.7. The highest BCUT2D eigenvalue weighted by atomic mass is 19.1. The van der Waals surface area contributed by atoms with Gasteiger partial charge < -0.3 is 19.9 Å². The maximum atomic E-state index is 13.9. The molecule has 226 valence electrons. The molecule has 0 aromatic carbocycles. The lowest BCUT2D eigenvalue weighted by atomic mass is 9.98. The Kier molecular flexibility index (Phi) is 12.8. The number of nitrogen functional groups attached to an aromatic ring is 1. The molecule has 1 aliphatic heterocycles. The number of hydrogen-bond donors (Lipinski definition) is 1. The van der Waals surface area contributed by atoms with Crippen molar-refractivity contribution in [1.29, 1.82) is 0 Å². The SMILES string of the molecule is C#C[C@]1(COC(=O)CCCCCCCCCCCCC)O[C@@H](n2cnc3c(N)nc(F)nc32)C[C@@H]1OC(=O)CCC. The third kappa shape index (κ3) is 9.12. The topological polar surface area (TPSA) is 131 Å². The number of carbonyl (C=O) groups is 2. The Morgan fingerprint density at radius 1 is 1.05 bits per heavy atom. The molecule has 0 unspecified atom stereocenters. The minimum atomic E-state index is -1.53. The van der Waals surface area contributed by atoms with Crippen LogP contribution >= 0.6 is 0 Å². The normalized spacial score (nSPS) is 20.2. The molecule has 3 atom stereocenters. The Hall–Kier alpha value is -3.26. The minimum Gasteiger partial charge on any atom is -0.461 e. The molecule has 3 heterocycles. The van der Waals surface area contributed by atoms with Crippen molar-refractivity contribution in [2.45, 2.75) is 128 Å². The second-order valence-corrected chi connectivity index (χ2v) is 10.7. The van der Waals surface area contributed by atoms with Crippen molar-refractivity contribution in [3.63, 3.8) is 0 Å². The first-order valence-corrected chi connectivity index (χ1v) is 15.0. The molecule has 0 aliphatic carbocycles. The highest BCUT2D eigenvalue weighted by Gasteiger charge is 2.52. The van der Waals surface area contributed by atoms with Gasteiger partial charge >= 0.3 is 18.0 Å². The number of carbonyl (C=O) groups excluding carboxylic acids is 2. The molecule has 0 spiro atoms. The number of nitrogens with zero attached hydrogens (tertiary/aromatic N) is 4. The van der Waals surface area contributed by atoms with Gasteiger partial charge in [-0.3, -0.25) is 14.2 Å². The van der Waals surface area contributed by atoms with E-state index in [2.05, 4.69) is 27.8 Å². The molecule has 1 saturated heterocycles. The molecular weight excluding hydrogens is 529 g/mol. The third-order valence-electron chi connectivity index (χ3n) is 7.42. The number of esters is 2. The summed E-state index contributed by atoms with van der Waals surface area (Å²) in [5, 5.41) is 0. The van der Waals surface area contributed by atoms with Crippen molar-refractivity contribution in [2.24, 2.45) is 0 Å². The molecule has 0 saturated carbocycles. The molecule has 1 aliphatic rings. The highest BCUT2D eigenvalue weighted by molar-refractivity contribution is 5.81. The van der Waals surface area contributed by atoms with E-state index in [1.807, 2.05) is 6.92 Å². The first-order chi connectivity index (χ1) is 19.8. The number of fused-ring (bicyclic) bond motifs is 1. The fourth-order valence-electron chi connectivity index (χ4n) is 5.09. The van der Waals surface area contributed by atoms with Gasteiger partial charge in [-0.05, 0) is 12.8 Å². The maximum Gasteiger partial charge on any atom is 0.312 e. The summed E-state index contributed by atoms with van der Waals surface area (Å²) in [6.45, 7) is 3.79. The van der Waals surface area contributed by atoms with Crippen LogP contribution in [0.2, 0.25) is 0 Å². The van der Waals surface area contributed by atoms with Crippen LogP contribution in [0.3, 0.4) is 0 Å². The number of rotatable bonds is 18. The molecule has 2 aromatic heterocycles. The number of terminal acetylenes is 1. The Bertz CT molecular complexity index is 1180. The van der Waals surface area contributed by atoms with Gasteiger partial charge in [-0.2, -0.15) is 14.4 Å². The van der Waals surface area contributed by atoms with E-state index >= 15 is 0 Å². The van der Waals surface area contributed by atoms with Crippen LogP contribution in [0.4, 0.5) is 10.2 Å². The van der Waals surface area contributed by atoms with Crippen molar-refractivity contribution < 1.29 is 28.2 Å². The quantitative estimate of drug-likeness (QED) is 0.102. The molecule has 0 radical (unpaired) electrons. The number of halogens is 1. The fourth-order valence-corrected chi connectivity index (χ4v) is 5.09. The smallest absolute Gasteiger partial charge is 0.312 e. The van der Waals surface area contributed by atoms with Crippen LogP contribution in [-0.4, -0.2) is 49.8 Å². The summed E-state index contributed by atoms with van der Waals surface area (Å²) in [4.78, 5) is 36.4. The molecular formula is C30H44FN5O5. The minimum absolute atomic E-state index is 0.111. The highest BCUT2D eigenvalue weighted by Crippen LogP contribution is 2.40. The van der Waals surface area contributed by atoms with Crippen LogP contribution in [0, 0.1) is 18.4 Å². The predicted octanol–water partition coefficient (Wildman–Crippen LogP) is 5.79. The lowest BCUT2D eigenvalue weighted by molar-refractivity contribution is -0.166. The number of nitrogens with two attached hydrogens (primary N) is 1. The summed E-state index contributed by atoms with van der Waals surface area (Å²) in [7, 11) is 0. The van der Waals surface area contributed by atoms with Gasteiger partial charge in [0.2, 0.25) is 5.60 Å². The van der Waals surface area contributed by atoms with E-state index in [-0.39, 0.29) is 42.9 Å². The third-order valence-corrected chi connectivity index (χ3v) is 7.42. The number of imidazole rings is 1. The average Bonchev–Trinajstić information content (AvgIpc) is 3.52. The van der Waals surface area contributed by atoms with E-state index in [9.17, 15) is 14.0 Å². The number of hydrogen-bond acceptors (Lipinski definition) is 9. The standard InChI is InChI=1S/C30H44FN5O5/c1-4-7-8-9-10-11-12-13-14-15-16-18-24(37)39-20-30(6-3)22(40-25(38)17-5-2)19-23(41-30)36-21-33-26-27(32)34-29(31)35-28(26)36/h3,21-23H,4-5,7-20H2,1-2H3,(H2,32,34,35)/t22-,23+,30+/m0/s1. The first kappa shape index (κ1) is 32.3. The molecule has 11 heteroatoms. The summed E-state index contributed by atoms with van der Waals surface area (Å²) >= 11 is 0. The van der Waals surface area contributed by atoms with E-state index in [0.29, 0.717) is 6.42 Å². The molecule has 0 amide bonds. The van der Waals surface area contributed by atoms with E-state index in [1.165, 1.54) is 62.3 Å². The Balaban J connectivity index is 1.54. The van der Waals surface area contributed by atoms with Crippen LogP contribution in [0.1, 0.15) is 116 Å². The van der Waals surface area contributed by atoms with Crippen LogP contribution in [0.5, 0.6) is 0 Å². The van der Waals surface area contributed by atoms with E-state index < -0.39 is 35.9 Å². The van der Waals surface area contributed by atoms with E-state index in [4.69, 9.17) is 26.4 Å². The molecule has 2 aromatic rings. The van der Waals surface area contributed by atoms with Crippen molar-refractivity contribution in [2.75, 3.05) is 12.3 Å².